The van der Waals surface area contributed by atoms with E-state index in [1.54, 1.807) is 24.4 Å². The van der Waals surface area contributed by atoms with Gasteiger partial charge in [0, 0.05) is 37.8 Å². The number of hydrogen-bond donors (Lipinski definition) is 0. The number of likely N-dealkylation sites (tertiary alicyclic amines) is 1. The smallest absolute Gasteiger partial charge is 0.213 e. The average molecular weight is 429 g/mol. The highest BCUT2D eigenvalue weighted by Gasteiger charge is 2.34. The maximum absolute atomic E-state index is 13.9. The quantitative estimate of drug-likeness (QED) is 0.482. The zero-order chi connectivity index (χ0) is 20.9. The largest absolute Gasteiger partial charge is 0.478 e. The van der Waals surface area contributed by atoms with Gasteiger partial charge in [0.2, 0.25) is 5.88 Å². The van der Waals surface area contributed by atoms with Crippen molar-refractivity contribution < 1.29 is 13.5 Å². The van der Waals surface area contributed by atoms with Gasteiger partial charge in [0.1, 0.15) is 0 Å². The zero-order valence-electron chi connectivity index (χ0n) is 16.5. The van der Waals surface area contributed by atoms with E-state index in [0.717, 1.165) is 31.6 Å². The van der Waals surface area contributed by atoms with Crippen molar-refractivity contribution in [2.45, 2.75) is 18.9 Å². The lowest BCUT2D eigenvalue weighted by Crippen LogP contribution is -2.20. The Morgan fingerprint density at radius 2 is 1.83 bits per heavy atom. The normalized spacial score (nSPS) is 19.2. The number of hydrogen-bond acceptors (Lipinski definition) is 3. The topological polar surface area (TPSA) is 25.4 Å². The van der Waals surface area contributed by atoms with Crippen molar-refractivity contribution in [1.82, 2.24) is 9.88 Å². The van der Waals surface area contributed by atoms with Crippen LogP contribution in [-0.2, 0) is 6.54 Å². The van der Waals surface area contributed by atoms with E-state index in [2.05, 4.69) is 22.0 Å². The number of aromatic nitrogens is 1. The van der Waals surface area contributed by atoms with Gasteiger partial charge in [0.25, 0.3) is 0 Å². The van der Waals surface area contributed by atoms with Crippen molar-refractivity contribution in [3.05, 3.63) is 94.6 Å². The Kier molecular flexibility index (Phi) is 6.60. The van der Waals surface area contributed by atoms with E-state index in [1.807, 2.05) is 18.2 Å². The van der Waals surface area contributed by atoms with E-state index in [4.69, 9.17) is 16.3 Å². The van der Waals surface area contributed by atoms with Crippen molar-refractivity contribution in [2.24, 2.45) is 5.92 Å². The summed E-state index contributed by atoms with van der Waals surface area (Å²) in [5.74, 6) is -0.694. The molecule has 0 bridgehead atoms. The van der Waals surface area contributed by atoms with E-state index in [-0.39, 0.29) is 11.8 Å². The summed E-state index contributed by atoms with van der Waals surface area (Å²) >= 11 is 5.86. The third-order valence-corrected chi connectivity index (χ3v) is 5.80. The number of halogens is 3. The Morgan fingerprint density at radius 1 is 1.00 bits per heavy atom. The Bertz CT molecular complexity index is 969. The van der Waals surface area contributed by atoms with Crippen LogP contribution in [0.15, 0.2) is 66.9 Å². The maximum Gasteiger partial charge on any atom is 0.213 e. The summed E-state index contributed by atoms with van der Waals surface area (Å²) in [5.41, 5.74) is 2.07. The fourth-order valence-electron chi connectivity index (χ4n) is 4.11. The molecule has 2 atom stereocenters. The van der Waals surface area contributed by atoms with Crippen molar-refractivity contribution in [3.63, 3.8) is 0 Å². The summed E-state index contributed by atoms with van der Waals surface area (Å²) in [6, 6.07) is 18.0. The highest BCUT2D eigenvalue weighted by Crippen LogP contribution is 2.36. The molecular formula is C24H23ClF2N2O. The molecule has 0 N–H and O–H groups in total. The van der Waals surface area contributed by atoms with Gasteiger partial charge in [-0.15, -0.1) is 0 Å². The van der Waals surface area contributed by atoms with E-state index in [9.17, 15) is 8.78 Å². The van der Waals surface area contributed by atoms with Crippen molar-refractivity contribution in [1.29, 1.82) is 0 Å². The Morgan fingerprint density at radius 3 is 2.57 bits per heavy atom. The fraction of sp³-hybridized carbons (Fsp3) is 0.292. The van der Waals surface area contributed by atoms with Gasteiger partial charge in [-0.05, 0) is 41.7 Å². The first-order valence-electron chi connectivity index (χ1n) is 10.0. The van der Waals surface area contributed by atoms with Gasteiger partial charge in [-0.2, -0.15) is 0 Å². The van der Waals surface area contributed by atoms with E-state index >= 15 is 0 Å². The Balaban J connectivity index is 1.45. The van der Waals surface area contributed by atoms with Crippen LogP contribution in [0.25, 0.3) is 0 Å². The molecule has 0 radical (unpaired) electrons. The summed E-state index contributed by atoms with van der Waals surface area (Å²) < 4.78 is 33.1. The molecule has 4 rings (SSSR count). The molecular weight excluding hydrogens is 406 g/mol. The molecule has 1 saturated heterocycles. The average Bonchev–Trinajstić information content (AvgIpc) is 3.15. The molecule has 1 aliphatic heterocycles. The first kappa shape index (κ1) is 20.8. The lowest BCUT2D eigenvalue weighted by molar-refractivity contribution is 0.256. The standard InChI is InChI=1S/C24H23ClF2N2O/c25-20-7-9-24(28-13-20)30-11-10-19-15-29(14-17-4-2-1-3-5-17)16-21(19)18-6-8-22(26)23(27)12-18/h1-9,12-13,19,21H,10-11,14-16H2/t19?,21-/m1/s1. The highest BCUT2D eigenvalue weighted by atomic mass is 35.5. The van der Waals surface area contributed by atoms with Gasteiger partial charge in [-0.3, -0.25) is 4.90 Å². The third-order valence-electron chi connectivity index (χ3n) is 5.58. The first-order valence-corrected chi connectivity index (χ1v) is 10.4. The number of benzene rings is 2. The summed E-state index contributed by atoms with van der Waals surface area (Å²) in [5, 5.41) is 0.563. The van der Waals surface area contributed by atoms with Crippen LogP contribution in [-0.4, -0.2) is 29.6 Å². The van der Waals surface area contributed by atoms with Crippen LogP contribution in [0.3, 0.4) is 0 Å². The number of nitrogens with zero attached hydrogens (tertiary/aromatic N) is 2. The van der Waals surface area contributed by atoms with Gasteiger partial charge in [0.05, 0.1) is 11.6 Å². The van der Waals surface area contributed by atoms with E-state index < -0.39 is 11.6 Å². The molecule has 30 heavy (non-hydrogen) atoms. The molecule has 0 saturated carbocycles. The first-order chi connectivity index (χ1) is 14.6. The minimum absolute atomic E-state index is 0.116. The predicted octanol–water partition coefficient (Wildman–Crippen LogP) is 5.70. The number of pyridine rings is 1. The second-order valence-electron chi connectivity index (χ2n) is 7.67. The van der Waals surface area contributed by atoms with Crippen LogP contribution in [0, 0.1) is 17.6 Å². The van der Waals surface area contributed by atoms with Crippen LogP contribution in [0.4, 0.5) is 8.78 Å². The lowest BCUT2D eigenvalue weighted by Gasteiger charge is -2.19. The zero-order valence-corrected chi connectivity index (χ0v) is 17.2. The van der Waals surface area contributed by atoms with E-state index in [1.165, 1.54) is 17.7 Å². The number of rotatable bonds is 7. The van der Waals surface area contributed by atoms with Crippen LogP contribution in [0.1, 0.15) is 23.5 Å². The van der Waals surface area contributed by atoms with Gasteiger partial charge in [-0.25, -0.2) is 13.8 Å². The molecule has 2 aromatic carbocycles. The molecule has 3 aromatic rings. The molecule has 0 aliphatic carbocycles. The lowest BCUT2D eigenvalue weighted by atomic mass is 9.87. The number of ether oxygens (including phenoxy) is 1. The fourth-order valence-corrected chi connectivity index (χ4v) is 4.22. The highest BCUT2D eigenvalue weighted by molar-refractivity contribution is 6.30. The van der Waals surface area contributed by atoms with Gasteiger partial charge >= 0.3 is 0 Å². The minimum atomic E-state index is -0.813. The van der Waals surface area contributed by atoms with E-state index in [0.29, 0.717) is 17.5 Å². The van der Waals surface area contributed by atoms with Gasteiger partial charge in [-0.1, -0.05) is 48.0 Å². The Labute approximate surface area is 180 Å². The second-order valence-corrected chi connectivity index (χ2v) is 8.11. The van der Waals surface area contributed by atoms with Gasteiger partial charge in [0.15, 0.2) is 11.6 Å². The molecule has 1 aliphatic rings. The van der Waals surface area contributed by atoms with Crippen LogP contribution in [0.2, 0.25) is 5.02 Å². The summed E-state index contributed by atoms with van der Waals surface area (Å²) in [7, 11) is 0. The van der Waals surface area contributed by atoms with Crippen molar-refractivity contribution in [2.75, 3.05) is 19.7 Å². The van der Waals surface area contributed by atoms with Crippen LogP contribution in [0.5, 0.6) is 5.88 Å². The van der Waals surface area contributed by atoms with Gasteiger partial charge < -0.3 is 4.74 Å². The summed E-state index contributed by atoms with van der Waals surface area (Å²) in [6.45, 7) is 3.00. The SMILES string of the molecule is Fc1ccc([C@H]2CN(Cc3ccccc3)CC2CCOc2ccc(Cl)cn2)cc1F. The Hall–Kier alpha value is -2.50. The predicted molar refractivity (Wildman–Crippen MR) is 114 cm³/mol. The maximum atomic E-state index is 13.9. The molecule has 1 unspecified atom stereocenters. The molecule has 3 nitrogen and oxygen atoms in total. The molecule has 0 amide bonds. The monoisotopic (exact) mass is 428 g/mol. The molecule has 2 heterocycles. The molecule has 156 valence electrons. The molecule has 6 heteroatoms. The molecule has 1 fully saturated rings. The second kappa shape index (κ2) is 9.54. The summed E-state index contributed by atoms with van der Waals surface area (Å²) in [6.07, 6.45) is 2.34. The van der Waals surface area contributed by atoms with Crippen molar-refractivity contribution >= 4 is 11.6 Å². The molecule has 0 spiro atoms. The minimum Gasteiger partial charge on any atom is -0.478 e. The van der Waals surface area contributed by atoms with Crippen LogP contribution >= 0.6 is 11.6 Å². The van der Waals surface area contributed by atoms with Crippen molar-refractivity contribution in [3.8, 4) is 5.88 Å². The van der Waals surface area contributed by atoms with Crippen LogP contribution < -0.4 is 4.74 Å². The molecule has 1 aromatic heterocycles. The third kappa shape index (κ3) is 5.15. The summed E-state index contributed by atoms with van der Waals surface area (Å²) in [4.78, 5) is 6.52.